The predicted octanol–water partition coefficient (Wildman–Crippen LogP) is 3.66. The second-order valence-electron chi connectivity index (χ2n) is 7.00. The van der Waals surface area contributed by atoms with Crippen molar-refractivity contribution >= 4 is 30.2 Å². The first-order valence-corrected chi connectivity index (χ1v) is 8.63. The third-order valence-electron chi connectivity index (χ3n) is 3.80. The molecule has 0 atom stereocenters. The van der Waals surface area contributed by atoms with Gasteiger partial charge < -0.3 is 14.6 Å². The van der Waals surface area contributed by atoms with Crippen LogP contribution in [0.15, 0.2) is 21.8 Å². The van der Waals surface area contributed by atoms with Crippen molar-refractivity contribution in [2.24, 2.45) is 4.99 Å². The van der Waals surface area contributed by atoms with Crippen LogP contribution in [0.1, 0.15) is 55.9 Å². The minimum Gasteiger partial charge on any atom is -0.444 e. The average Bonchev–Trinajstić information content (AvgIpc) is 2.84. The van der Waals surface area contributed by atoms with Gasteiger partial charge in [0.1, 0.15) is 10.8 Å². The summed E-state index contributed by atoms with van der Waals surface area (Å²) in [5, 5.41) is 3.22. The number of carbonyl (C=O) groups is 2. The number of carbonyl (C=O) groups excluding carboxylic acids is 2. The summed E-state index contributed by atoms with van der Waals surface area (Å²) in [6.07, 6.45) is 3.55. The molecule has 0 fully saturated rings. The summed E-state index contributed by atoms with van der Waals surface area (Å²) in [5.41, 5.74) is 2.92. The zero-order chi connectivity index (χ0) is 18.6. The molecule has 6 nitrogen and oxygen atoms in total. The maximum absolute atomic E-state index is 11.8. The summed E-state index contributed by atoms with van der Waals surface area (Å²) < 4.78 is 7.13. The number of nitrogens with one attached hydrogen (secondary N) is 1. The second-order valence-corrected chi connectivity index (χ2v) is 7.36. The molecule has 0 saturated heterocycles. The van der Waals surface area contributed by atoms with Crippen molar-refractivity contribution in [3.05, 3.63) is 33.7 Å². The second kappa shape index (κ2) is 7.87. The molecule has 25 heavy (non-hydrogen) atoms. The number of rotatable bonds is 4. The van der Waals surface area contributed by atoms with E-state index < -0.39 is 11.7 Å². The van der Waals surface area contributed by atoms with E-state index in [4.69, 9.17) is 16.3 Å². The third-order valence-corrected chi connectivity index (χ3v) is 4.22. The number of fused-ring (bicyclic) bond motifs is 1. The molecule has 0 unspecified atom stereocenters. The van der Waals surface area contributed by atoms with Crippen molar-refractivity contribution in [3.8, 4) is 0 Å². The lowest BCUT2D eigenvalue weighted by Crippen LogP contribution is -2.34. The van der Waals surface area contributed by atoms with Crippen molar-refractivity contribution < 1.29 is 14.3 Å². The van der Waals surface area contributed by atoms with Crippen molar-refractivity contribution in [1.82, 2.24) is 9.88 Å². The molecule has 0 aliphatic carbocycles. The van der Waals surface area contributed by atoms with Crippen LogP contribution in [0.5, 0.6) is 0 Å². The minimum atomic E-state index is -0.541. The van der Waals surface area contributed by atoms with Crippen LogP contribution >= 0.6 is 11.6 Å². The highest BCUT2D eigenvalue weighted by atomic mass is 35.5. The summed E-state index contributed by atoms with van der Waals surface area (Å²) >= 11 is 6.11. The molecular formula is C18H24ClN3O3. The van der Waals surface area contributed by atoms with Crippen molar-refractivity contribution in [1.29, 1.82) is 0 Å². The van der Waals surface area contributed by atoms with Gasteiger partial charge in [0.2, 0.25) is 0 Å². The van der Waals surface area contributed by atoms with E-state index in [0.29, 0.717) is 23.9 Å². The monoisotopic (exact) mass is 365 g/mol. The molecular weight excluding hydrogens is 342 g/mol. The van der Waals surface area contributed by atoms with E-state index in [2.05, 4.69) is 10.3 Å². The van der Waals surface area contributed by atoms with E-state index in [9.17, 15) is 9.59 Å². The first-order chi connectivity index (χ1) is 11.7. The largest absolute Gasteiger partial charge is 0.444 e. The topological polar surface area (TPSA) is 72.7 Å². The Hall–Kier alpha value is -2.08. The molecule has 1 N–H and O–H groups in total. The fourth-order valence-electron chi connectivity index (χ4n) is 2.61. The number of aromatic nitrogens is 1. The van der Waals surface area contributed by atoms with Gasteiger partial charge in [-0.15, -0.1) is 0 Å². The highest BCUT2D eigenvalue weighted by molar-refractivity contribution is 6.30. The molecule has 0 aromatic carbocycles. The minimum absolute atomic E-state index is 0.365. The van der Waals surface area contributed by atoms with Gasteiger partial charge in [-0.3, -0.25) is 4.79 Å². The van der Waals surface area contributed by atoms with Crippen LogP contribution in [0, 0.1) is 0 Å². The number of hydrogen-bond donors (Lipinski definition) is 1. The summed E-state index contributed by atoms with van der Waals surface area (Å²) in [6, 6.07) is 1.80. The third kappa shape index (κ3) is 5.19. The highest BCUT2D eigenvalue weighted by Gasteiger charge is 2.18. The fourth-order valence-corrected chi connectivity index (χ4v) is 2.76. The van der Waals surface area contributed by atoms with Gasteiger partial charge in [0.15, 0.2) is 6.29 Å². The lowest BCUT2D eigenvalue weighted by molar-refractivity contribution is 0.0526. The van der Waals surface area contributed by atoms with Gasteiger partial charge in [0, 0.05) is 30.6 Å². The molecule has 1 aliphatic rings. The van der Waals surface area contributed by atoms with Crippen LogP contribution in [0.2, 0.25) is 0 Å². The molecule has 1 aromatic rings. The summed E-state index contributed by atoms with van der Waals surface area (Å²) in [5.74, 6) is 0. The molecule has 0 radical (unpaired) electrons. The Morgan fingerprint density at radius 2 is 2.16 bits per heavy atom. The molecule has 0 bridgehead atoms. The first-order valence-electron chi connectivity index (χ1n) is 8.25. The predicted molar refractivity (Wildman–Crippen MR) is 98.5 cm³/mol. The van der Waals surface area contributed by atoms with Gasteiger partial charge in [-0.2, -0.15) is 0 Å². The number of nitrogens with zero attached hydrogens (tertiary/aromatic N) is 2. The van der Waals surface area contributed by atoms with E-state index in [-0.39, 0.29) is 0 Å². The molecule has 2 rings (SSSR count). The Kier molecular flexibility index (Phi) is 6.06. The van der Waals surface area contributed by atoms with Crippen LogP contribution < -0.4 is 5.32 Å². The Bertz CT molecular complexity index is 727. The first kappa shape index (κ1) is 19.2. The van der Waals surface area contributed by atoms with Gasteiger partial charge in [-0.1, -0.05) is 11.6 Å². The standard InChI is InChI=1S/C18H24ClN3O3/c1-12-5-6-15-13(10-21-16(12)19)9-14(11-23)22(15)8-7-20-17(24)25-18(2,3)4/h9-11H,5-8H2,1-4H3,(H,20,24). The van der Waals surface area contributed by atoms with E-state index >= 15 is 0 Å². The Morgan fingerprint density at radius 3 is 2.80 bits per heavy atom. The van der Waals surface area contributed by atoms with Crippen molar-refractivity contribution in [2.75, 3.05) is 6.54 Å². The molecule has 1 amide bonds. The van der Waals surface area contributed by atoms with Gasteiger partial charge >= 0.3 is 6.09 Å². The van der Waals surface area contributed by atoms with Crippen molar-refractivity contribution in [3.63, 3.8) is 0 Å². The number of allylic oxidation sites excluding steroid dienone is 1. The number of alkyl carbamates (subject to hydrolysis) is 1. The van der Waals surface area contributed by atoms with Crippen molar-refractivity contribution in [2.45, 2.75) is 52.7 Å². The lowest BCUT2D eigenvalue weighted by Gasteiger charge is -2.20. The Morgan fingerprint density at radius 1 is 1.44 bits per heavy atom. The molecule has 136 valence electrons. The van der Waals surface area contributed by atoms with E-state index in [1.165, 1.54) is 0 Å². The van der Waals surface area contributed by atoms with E-state index in [1.807, 2.05) is 32.3 Å². The molecule has 7 heteroatoms. The quantitative estimate of drug-likeness (QED) is 0.653. The normalized spacial score (nSPS) is 14.6. The van der Waals surface area contributed by atoms with Gasteiger partial charge in [0.05, 0.1) is 5.69 Å². The molecule has 1 aromatic heterocycles. The van der Waals surface area contributed by atoms with Crippen LogP contribution in [0.4, 0.5) is 4.79 Å². The number of aliphatic imine (C=N–C) groups is 1. The number of halogens is 1. The lowest BCUT2D eigenvalue weighted by atomic mass is 10.1. The van der Waals surface area contributed by atoms with E-state index in [0.717, 1.165) is 36.0 Å². The van der Waals surface area contributed by atoms with E-state index in [1.54, 1.807) is 12.3 Å². The summed E-state index contributed by atoms with van der Waals surface area (Å²) in [4.78, 5) is 27.4. The van der Waals surface area contributed by atoms with Gasteiger partial charge in [-0.25, -0.2) is 9.79 Å². The smallest absolute Gasteiger partial charge is 0.407 e. The molecule has 0 spiro atoms. The van der Waals surface area contributed by atoms with Crippen LogP contribution in [0.25, 0.3) is 0 Å². The Balaban J connectivity index is 2.12. The summed E-state index contributed by atoms with van der Waals surface area (Å²) in [7, 11) is 0. The molecule has 1 aliphatic heterocycles. The number of aldehydes is 1. The van der Waals surface area contributed by atoms with Crippen LogP contribution in [-0.4, -0.2) is 35.3 Å². The maximum atomic E-state index is 11.8. The molecule has 2 heterocycles. The highest BCUT2D eigenvalue weighted by Crippen LogP contribution is 2.23. The average molecular weight is 366 g/mol. The summed E-state index contributed by atoms with van der Waals surface area (Å²) in [6.45, 7) is 8.23. The fraction of sp³-hybridized carbons (Fsp3) is 0.500. The number of hydrogen-bond acceptors (Lipinski definition) is 4. The van der Waals surface area contributed by atoms with Gasteiger partial charge in [0.25, 0.3) is 0 Å². The Labute approximate surface area is 152 Å². The van der Waals surface area contributed by atoms with Crippen LogP contribution in [-0.2, 0) is 17.7 Å². The molecule has 0 saturated carbocycles. The zero-order valence-electron chi connectivity index (χ0n) is 15.1. The number of amides is 1. The van der Waals surface area contributed by atoms with Gasteiger partial charge in [-0.05, 0) is 52.2 Å². The van der Waals surface area contributed by atoms with Crippen LogP contribution in [0.3, 0.4) is 0 Å². The number of ether oxygens (including phenoxy) is 1. The zero-order valence-corrected chi connectivity index (χ0v) is 15.8. The SMILES string of the molecule is CC1=C(Cl)N=Cc2cc(C=O)n(CCNC(=O)OC(C)(C)C)c2CC1. The maximum Gasteiger partial charge on any atom is 0.407 e.